The largest absolute Gasteiger partial charge is 0.382 e. The maximum absolute atomic E-state index is 6.21. The summed E-state index contributed by atoms with van der Waals surface area (Å²) in [6.45, 7) is 5.88. The molecule has 1 heterocycles. The van der Waals surface area contributed by atoms with Crippen LogP contribution in [0, 0.1) is 0 Å². The van der Waals surface area contributed by atoms with Crippen molar-refractivity contribution in [2.45, 2.75) is 26.6 Å². The van der Waals surface area contributed by atoms with Gasteiger partial charge in [0.25, 0.3) is 0 Å². The molecule has 0 fully saturated rings. The smallest absolute Gasteiger partial charge is 0.159 e. The highest BCUT2D eigenvalue weighted by Crippen LogP contribution is 2.29. The van der Waals surface area contributed by atoms with Gasteiger partial charge in [0, 0.05) is 26.2 Å². The van der Waals surface area contributed by atoms with E-state index in [4.69, 9.17) is 21.1 Å². The molecule has 110 valence electrons. The first-order valence-electron chi connectivity index (χ1n) is 6.64. The molecule has 7 heteroatoms. The summed E-state index contributed by atoms with van der Waals surface area (Å²) in [6, 6.07) is 3.70. The van der Waals surface area contributed by atoms with Gasteiger partial charge in [0.2, 0.25) is 0 Å². The van der Waals surface area contributed by atoms with Gasteiger partial charge in [-0.15, -0.1) is 0 Å². The number of rotatable bonds is 8. The van der Waals surface area contributed by atoms with Gasteiger partial charge in [-0.1, -0.05) is 11.6 Å². The second-order valence-electron chi connectivity index (χ2n) is 4.11. The fourth-order valence-electron chi connectivity index (χ4n) is 1.90. The summed E-state index contributed by atoms with van der Waals surface area (Å²) >= 11 is 7.39. The standard InChI is InChI=1S/C13H18ClN3O2S/c1-3-18-11(19-4-2)7-8-15-12-9(14)5-6-10-13(12)17-20-16-10/h5-6,11,15H,3-4,7-8H2,1-2H3. The van der Waals surface area contributed by atoms with Crippen molar-refractivity contribution < 1.29 is 9.47 Å². The summed E-state index contributed by atoms with van der Waals surface area (Å²) in [5.41, 5.74) is 2.49. The molecule has 1 N–H and O–H groups in total. The zero-order chi connectivity index (χ0) is 14.4. The minimum absolute atomic E-state index is 0.191. The molecule has 0 radical (unpaired) electrons. The van der Waals surface area contributed by atoms with Gasteiger partial charge >= 0.3 is 0 Å². The monoisotopic (exact) mass is 315 g/mol. The van der Waals surface area contributed by atoms with E-state index in [0.29, 0.717) is 24.8 Å². The van der Waals surface area contributed by atoms with Crippen molar-refractivity contribution in [3.05, 3.63) is 17.2 Å². The van der Waals surface area contributed by atoms with Crippen LogP contribution in [-0.2, 0) is 9.47 Å². The maximum atomic E-state index is 6.21. The van der Waals surface area contributed by atoms with Gasteiger partial charge in [-0.05, 0) is 26.0 Å². The van der Waals surface area contributed by atoms with E-state index in [9.17, 15) is 0 Å². The highest BCUT2D eigenvalue weighted by molar-refractivity contribution is 7.00. The Morgan fingerprint density at radius 3 is 2.70 bits per heavy atom. The van der Waals surface area contributed by atoms with Crippen molar-refractivity contribution in [2.75, 3.05) is 25.1 Å². The highest BCUT2D eigenvalue weighted by atomic mass is 35.5. The van der Waals surface area contributed by atoms with E-state index in [2.05, 4.69) is 14.1 Å². The molecule has 1 aromatic carbocycles. The minimum atomic E-state index is -0.191. The Labute approximate surface area is 127 Å². The molecule has 5 nitrogen and oxygen atoms in total. The molecule has 20 heavy (non-hydrogen) atoms. The second kappa shape index (κ2) is 7.73. The number of halogens is 1. The molecular weight excluding hydrogens is 298 g/mol. The van der Waals surface area contributed by atoms with Crippen LogP contribution in [0.25, 0.3) is 11.0 Å². The molecule has 0 unspecified atom stereocenters. The molecule has 0 aliphatic carbocycles. The second-order valence-corrected chi connectivity index (χ2v) is 5.05. The molecule has 2 rings (SSSR count). The number of nitrogens with zero attached hydrogens (tertiary/aromatic N) is 2. The van der Waals surface area contributed by atoms with Crippen LogP contribution in [-0.4, -0.2) is 34.8 Å². The van der Waals surface area contributed by atoms with Gasteiger partial charge in [-0.25, -0.2) is 0 Å². The zero-order valence-corrected chi connectivity index (χ0v) is 13.1. The predicted molar refractivity (Wildman–Crippen MR) is 82.6 cm³/mol. The molecule has 2 aromatic rings. The molecule has 0 bridgehead atoms. The molecular formula is C13H18ClN3O2S. The zero-order valence-electron chi connectivity index (χ0n) is 11.6. The van der Waals surface area contributed by atoms with E-state index in [1.165, 1.54) is 11.7 Å². The van der Waals surface area contributed by atoms with Crippen molar-refractivity contribution in [2.24, 2.45) is 0 Å². The summed E-state index contributed by atoms with van der Waals surface area (Å²) in [7, 11) is 0. The van der Waals surface area contributed by atoms with Crippen LogP contribution in [0.2, 0.25) is 5.02 Å². The van der Waals surface area contributed by atoms with Crippen LogP contribution in [0.3, 0.4) is 0 Å². The van der Waals surface area contributed by atoms with Gasteiger partial charge < -0.3 is 14.8 Å². The lowest BCUT2D eigenvalue weighted by Crippen LogP contribution is -2.21. The van der Waals surface area contributed by atoms with E-state index < -0.39 is 0 Å². The van der Waals surface area contributed by atoms with E-state index in [1.54, 1.807) is 0 Å². The van der Waals surface area contributed by atoms with E-state index in [1.807, 2.05) is 26.0 Å². The summed E-state index contributed by atoms with van der Waals surface area (Å²) in [4.78, 5) is 0. The third kappa shape index (κ3) is 3.79. The molecule has 0 spiro atoms. The van der Waals surface area contributed by atoms with Gasteiger partial charge in [-0.3, -0.25) is 0 Å². The number of fused-ring (bicyclic) bond motifs is 1. The van der Waals surface area contributed by atoms with Crippen molar-refractivity contribution >= 4 is 40.0 Å². The van der Waals surface area contributed by atoms with Gasteiger partial charge in [0.05, 0.1) is 22.4 Å². The number of nitrogens with one attached hydrogen (secondary N) is 1. The van der Waals surface area contributed by atoms with E-state index in [0.717, 1.165) is 23.1 Å². The van der Waals surface area contributed by atoms with Gasteiger partial charge in [0.15, 0.2) is 6.29 Å². The Kier molecular flexibility index (Phi) is 5.97. The summed E-state index contributed by atoms with van der Waals surface area (Å²) < 4.78 is 19.5. The topological polar surface area (TPSA) is 56.3 Å². The SMILES string of the molecule is CCOC(CCNc1c(Cl)ccc2nsnc12)OCC. The first-order chi connectivity index (χ1) is 9.76. The van der Waals surface area contributed by atoms with Crippen LogP contribution in [0.5, 0.6) is 0 Å². The van der Waals surface area contributed by atoms with Crippen LogP contribution in [0.1, 0.15) is 20.3 Å². The first kappa shape index (κ1) is 15.4. The van der Waals surface area contributed by atoms with Crippen molar-refractivity contribution in [3.63, 3.8) is 0 Å². The molecule has 0 amide bonds. The summed E-state index contributed by atoms with van der Waals surface area (Å²) in [5, 5.41) is 3.95. The molecule has 0 saturated carbocycles. The van der Waals surface area contributed by atoms with Crippen LogP contribution in [0.4, 0.5) is 5.69 Å². The van der Waals surface area contributed by atoms with Crippen molar-refractivity contribution in [3.8, 4) is 0 Å². The maximum Gasteiger partial charge on any atom is 0.159 e. The van der Waals surface area contributed by atoms with E-state index >= 15 is 0 Å². The van der Waals surface area contributed by atoms with Gasteiger partial charge in [0.1, 0.15) is 11.0 Å². The quantitative estimate of drug-likeness (QED) is 0.755. The van der Waals surface area contributed by atoms with E-state index in [-0.39, 0.29) is 6.29 Å². The molecule has 0 aliphatic heterocycles. The van der Waals surface area contributed by atoms with Crippen molar-refractivity contribution in [1.29, 1.82) is 0 Å². The number of hydrogen-bond donors (Lipinski definition) is 1. The Morgan fingerprint density at radius 2 is 2.00 bits per heavy atom. The Morgan fingerprint density at radius 1 is 1.25 bits per heavy atom. The number of anilines is 1. The minimum Gasteiger partial charge on any atom is -0.382 e. The number of benzene rings is 1. The summed E-state index contributed by atoms with van der Waals surface area (Å²) in [6.07, 6.45) is 0.551. The van der Waals surface area contributed by atoms with Gasteiger partial charge in [-0.2, -0.15) is 8.75 Å². The fraction of sp³-hybridized carbons (Fsp3) is 0.538. The third-order valence-electron chi connectivity index (χ3n) is 2.76. The third-order valence-corrected chi connectivity index (χ3v) is 3.62. The summed E-state index contributed by atoms with van der Waals surface area (Å²) in [5.74, 6) is 0. The Balaban J connectivity index is 1.98. The van der Waals surface area contributed by atoms with Crippen LogP contribution < -0.4 is 5.32 Å². The Bertz CT molecular complexity index is 543. The normalized spacial score (nSPS) is 11.4. The lowest BCUT2D eigenvalue weighted by atomic mass is 10.2. The van der Waals surface area contributed by atoms with Crippen LogP contribution in [0.15, 0.2) is 12.1 Å². The number of aromatic nitrogens is 2. The lowest BCUT2D eigenvalue weighted by molar-refractivity contribution is -0.137. The molecule has 0 aliphatic rings. The highest BCUT2D eigenvalue weighted by Gasteiger charge is 2.11. The molecule has 0 atom stereocenters. The lowest BCUT2D eigenvalue weighted by Gasteiger charge is -2.17. The number of hydrogen-bond acceptors (Lipinski definition) is 6. The predicted octanol–water partition coefficient (Wildman–Crippen LogP) is 3.55. The number of ether oxygens (including phenoxy) is 2. The fourth-order valence-corrected chi connectivity index (χ4v) is 2.66. The average Bonchev–Trinajstić information content (AvgIpc) is 2.90. The van der Waals surface area contributed by atoms with Crippen LogP contribution >= 0.6 is 23.3 Å². The first-order valence-corrected chi connectivity index (χ1v) is 7.75. The van der Waals surface area contributed by atoms with Crippen molar-refractivity contribution in [1.82, 2.24) is 8.75 Å². The average molecular weight is 316 g/mol. The molecule has 0 saturated heterocycles. The Hall–Kier alpha value is -0.950. The molecule has 1 aromatic heterocycles.